The van der Waals surface area contributed by atoms with Crippen molar-refractivity contribution >= 4 is 33.8 Å². The molecule has 1 saturated carbocycles. The van der Waals surface area contributed by atoms with E-state index in [-0.39, 0.29) is 5.56 Å². The topological polar surface area (TPSA) is 73.2 Å². The van der Waals surface area contributed by atoms with Gasteiger partial charge in [-0.15, -0.1) is 0 Å². The van der Waals surface area contributed by atoms with Gasteiger partial charge < -0.3 is 15.8 Å². The van der Waals surface area contributed by atoms with E-state index >= 15 is 0 Å². The number of benzene rings is 1. The van der Waals surface area contributed by atoms with Gasteiger partial charge in [-0.05, 0) is 30.9 Å². The van der Waals surface area contributed by atoms with Crippen molar-refractivity contribution in [1.29, 1.82) is 5.41 Å². The zero-order chi connectivity index (χ0) is 12.4. The van der Waals surface area contributed by atoms with E-state index in [0.717, 1.165) is 6.54 Å². The molecule has 0 unspecified atom stereocenters. The van der Waals surface area contributed by atoms with E-state index in [4.69, 9.17) is 10.5 Å². The fourth-order valence-corrected chi connectivity index (χ4v) is 2.19. The molecule has 1 fully saturated rings. The summed E-state index contributed by atoms with van der Waals surface area (Å²) in [5.74, 6) is -0.266. The van der Waals surface area contributed by atoms with Gasteiger partial charge in [0.05, 0.1) is 5.56 Å². The molecule has 0 saturated heterocycles. The summed E-state index contributed by atoms with van der Waals surface area (Å²) >= 11 is 3.29. The maximum atomic E-state index is 10.9. The Kier molecular flexibility index (Phi) is 3.47. The number of carboxylic acid groups (broad SMARTS) is 1. The van der Waals surface area contributed by atoms with Crippen molar-refractivity contribution in [3.8, 4) is 0 Å². The van der Waals surface area contributed by atoms with Crippen LogP contribution >= 0.6 is 15.9 Å². The van der Waals surface area contributed by atoms with Gasteiger partial charge in [0.2, 0.25) is 0 Å². The van der Waals surface area contributed by atoms with Crippen molar-refractivity contribution < 1.29 is 9.90 Å². The first-order valence-corrected chi connectivity index (χ1v) is 6.22. The van der Waals surface area contributed by atoms with Crippen LogP contribution in [-0.2, 0) is 0 Å². The van der Waals surface area contributed by atoms with E-state index in [1.807, 2.05) is 0 Å². The fraction of sp³-hybridized carbons (Fsp3) is 0.333. The zero-order valence-corrected chi connectivity index (χ0v) is 10.8. The molecule has 1 aromatic carbocycles. The fourth-order valence-electron chi connectivity index (χ4n) is 1.61. The van der Waals surface area contributed by atoms with Gasteiger partial charge in [0.25, 0.3) is 0 Å². The lowest BCUT2D eigenvalue weighted by Crippen LogP contribution is -2.08. The van der Waals surface area contributed by atoms with Gasteiger partial charge in [0.1, 0.15) is 0 Å². The van der Waals surface area contributed by atoms with Crippen LogP contribution in [0.4, 0.5) is 5.69 Å². The van der Waals surface area contributed by atoms with Gasteiger partial charge in [-0.25, -0.2) is 4.79 Å². The number of nitrogens with one attached hydrogen (secondary N) is 2. The van der Waals surface area contributed by atoms with Crippen LogP contribution in [0.3, 0.4) is 0 Å². The van der Waals surface area contributed by atoms with Crippen molar-refractivity contribution in [1.82, 2.24) is 0 Å². The van der Waals surface area contributed by atoms with Gasteiger partial charge in [-0.2, -0.15) is 0 Å². The molecule has 0 bridgehead atoms. The molecule has 0 aromatic heterocycles. The molecule has 1 aliphatic rings. The standard InChI is InChI=1S/C12H13BrN2O2/c13-10-3-8(12(16)17)4-11(9(10)5-14)15-6-7-1-2-7/h3-5,7,14-15H,1-2,6H2,(H,16,17). The molecule has 17 heavy (non-hydrogen) atoms. The molecular weight excluding hydrogens is 284 g/mol. The predicted molar refractivity (Wildman–Crippen MR) is 70.2 cm³/mol. The predicted octanol–water partition coefficient (Wildman–Crippen LogP) is 2.97. The Morgan fingerprint density at radius 1 is 1.59 bits per heavy atom. The Balaban J connectivity index is 2.30. The normalized spacial score (nSPS) is 14.4. The Morgan fingerprint density at radius 2 is 2.29 bits per heavy atom. The molecule has 0 heterocycles. The average molecular weight is 297 g/mol. The Hall–Kier alpha value is -1.36. The van der Waals surface area contributed by atoms with Crippen LogP contribution in [0.1, 0.15) is 28.8 Å². The van der Waals surface area contributed by atoms with Gasteiger partial charge in [0, 0.05) is 28.5 Å². The van der Waals surface area contributed by atoms with Crippen molar-refractivity contribution in [2.75, 3.05) is 11.9 Å². The third-order valence-corrected chi connectivity index (χ3v) is 3.46. The summed E-state index contributed by atoms with van der Waals surface area (Å²) in [6.07, 6.45) is 3.68. The van der Waals surface area contributed by atoms with Crippen LogP contribution in [0.25, 0.3) is 0 Å². The van der Waals surface area contributed by atoms with Crippen LogP contribution < -0.4 is 5.32 Å². The molecule has 4 nitrogen and oxygen atoms in total. The highest BCUT2D eigenvalue weighted by atomic mass is 79.9. The maximum Gasteiger partial charge on any atom is 0.335 e. The molecule has 1 aromatic rings. The van der Waals surface area contributed by atoms with Gasteiger partial charge >= 0.3 is 5.97 Å². The zero-order valence-electron chi connectivity index (χ0n) is 9.16. The average Bonchev–Trinajstić information content (AvgIpc) is 3.09. The molecule has 0 radical (unpaired) electrons. The number of anilines is 1. The van der Waals surface area contributed by atoms with Gasteiger partial charge in [-0.3, -0.25) is 0 Å². The third kappa shape index (κ3) is 2.85. The number of hydrogen-bond donors (Lipinski definition) is 3. The number of rotatable bonds is 5. The van der Waals surface area contributed by atoms with Crippen LogP contribution in [-0.4, -0.2) is 23.8 Å². The van der Waals surface area contributed by atoms with E-state index in [9.17, 15) is 4.79 Å². The maximum absolute atomic E-state index is 10.9. The second-order valence-corrected chi connectivity index (χ2v) is 5.05. The van der Waals surface area contributed by atoms with Gasteiger partial charge in [0.15, 0.2) is 0 Å². The molecule has 0 aliphatic heterocycles. The molecule has 5 heteroatoms. The van der Waals surface area contributed by atoms with Crippen LogP contribution in [0.2, 0.25) is 0 Å². The number of carboxylic acids is 1. The molecule has 3 N–H and O–H groups in total. The number of carbonyl (C=O) groups is 1. The highest BCUT2D eigenvalue weighted by molar-refractivity contribution is 9.10. The molecular formula is C12H13BrN2O2. The monoisotopic (exact) mass is 296 g/mol. The smallest absolute Gasteiger partial charge is 0.335 e. The summed E-state index contributed by atoms with van der Waals surface area (Å²) < 4.78 is 0.630. The minimum absolute atomic E-state index is 0.223. The summed E-state index contributed by atoms with van der Waals surface area (Å²) in [4.78, 5) is 10.9. The summed E-state index contributed by atoms with van der Waals surface area (Å²) in [7, 11) is 0. The van der Waals surface area contributed by atoms with Crippen molar-refractivity contribution in [2.24, 2.45) is 5.92 Å². The Bertz CT molecular complexity index is 470. The van der Waals surface area contributed by atoms with E-state index in [1.54, 1.807) is 6.07 Å². The second-order valence-electron chi connectivity index (χ2n) is 4.19. The first-order chi connectivity index (χ1) is 8.11. The molecule has 0 spiro atoms. The van der Waals surface area contributed by atoms with Crippen LogP contribution in [0.5, 0.6) is 0 Å². The molecule has 2 rings (SSSR count). The van der Waals surface area contributed by atoms with Crippen molar-refractivity contribution in [3.63, 3.8) is 0 Å². The summed E-state index contributed by atoms with van der Waals surface area (Å²) in [6.45, 7) is 0.844. The van der Waals surface area contributed by atoms with E-state index < -0.39 is 5.97 Å². The molecule has 0 atom stereocenters. The highest BCUT2D eigenvalue weighted by Crippen LogP contribution is 2.31. The number of aromatic carboxylic acids is 1. The summed E-state index contributed by atoms with van der Waals surface area (Å²) in [6, 6.07) is 3.10. The minimum Gasteiger partial charge on any atom is -0.478 e. The minimum atomic E-state index is -0.961. The van der Waals surface area contributed by atoms with Crippen molar-refractivity contribution in [3.05, 3.63) is 27.7 Å². The number of halogens is 1. The van der Waals surface area contributed by atoms with E-state index in [0.29, 0.717) is 21.6 Å². The highest BCUT2D eigenvalue weighted by Gasteiger charge is 2.21. The lowest BCUT2D eigenvalue weighted by atomic mass is 10.1. The SMILES string of the molecule is N=Cc1c(Br)cc(C(=O)O)cc1NCC1CC1. The largest absolute Gasteiger partial charge is 0.478 e. The third-order valence-electron chi connectivity index (χ3n) is 2.80. The van der Waals surface area contributed by atoms with Crippen molar-refractivity contribution in [2.45, 2.75) is 12.8 Å². The van der Waals surface area contributed by atoms with Gasteiger partial charge in [-0.1, -0.05) is 15.9 Å². The first-order valence-electron chi connectivity index (χ1n) is 5.43. The summed E-state index contributed by atoms with van der Waals surface area (Å²) in [5.41, 5.74) is 1.62. The molecule has 0 amide bonds. The second kappa shape index (κ2) is 4.87. The lowest BCUT2D eigenvalue weighted by molar-refractivity contribution is 0.0697. The van der Waals surface area contributed by atoms with E-state index in [1.165, 1.54) is 25.1 Å². The summed E-state index contributed by atoms with van der Waals surface area (Å²) in [5, 5.41) is 19.6. The first kappa shape index (κ1) is 12.1. The lowest BCUT2D eigenvalue weighted by Gasteiger charge is -2.11. The Labute approximate surface area is 108 Å². The van der Waals surface area contributed by atoms with Crippen LogP contribution in [0.15, 0.2) is 16.6 Å². The van der Waals surface area contributed by atoms with E-state index in [2.05, 4.69) is 21.2 Å². The molecule has 90 valence electrons. The Morgan fingerprint density at radius 3 is 2.82 bits per heavy atom. The quantitative estimate of drug-likeness (QED) is 0.732. The van der Waals surface area contributed by atoms with Crippen LogP contribution in [0, 0.1) is 11.3 Å². The number of hydrogen-bond acceptors (Lipinski definition) is 3. The molecule has 1 aliphatic carbocycles.